The van der Waals surface area contributed by atoms with Crippen molar-refractivity contribution in [3.05, 3.63) is 29.3 Å². The van der Waals surface area contributed by atoms with Gasteiger partial charge in [0.25, 0.3) is 5.91 Å². The number of nitrogens with zero attached hydrogens (tertiary/aromatic N) is 1. The fourth-order valence-electron chi connectivity index (χ4n) is 4.06. The van der Waals surface area contributed by atoms with Crippen LogP contribution < -0.4 is 5.32 Å². The lowest BCUT2D eigenvalue weighted by molar-refractivity contribution is -0.485. The molecule has 0 bridgehead atoms. The number of nitrogens with one attached hydrogen (secondary N) is 1. The number of rotatable bonds is 16. The molecule has 0 aliphatic carbocycles. The molecule has 1 atom stereocenters. The number of amides is 1. The molecule has 1 unspecified atom stereocenters. The van der Waals surface area contributed by atoms with Crippen LogP contribution in [0, 0.1) is 6.92 Å². The number of carbonyl (C=O) groups excluding carboxylic acids is 2. The van der Waals surface area contributed by atoms with Crippen molar-refractivity contribution in [3.63, 3.8) is 0 Å². The highest BCUT2D eigenvalue weighted by Gasteiger charge is 3.00. The molecule has 0 aliphatic rings. The molecule has 0 radical (unpaired) electrons. The number of carbonyl (C=O) groups is 1. The van der Waals surface area contributed by atoms with E-state index in [1.54, 1.807) is 0 Å². The van der Waals surface area contributed by atoms with E-state index in [-0.39, 0.29) is 12.5 Å². The molecule has 0 aromatic heterocycles. The molecule has 1 rings (SSSR count). The van der Waals surface area contributed by atoms with Crippen molar-refractivity contribution in [3.8, 4) is 0 Å². The largest absolute Gasteiger partial charge is 0.460 e. The van der Waals surface area contributed by atoms with E-state index >= 15 is 0 Å². The Morgan fingerprint density at radius 2 is 0.839 bits per heavy atom. The van der Waals surface area contributed by atoms with E-state index in [2.05, 4.69) is 4.99 Å². The molecule has 1 amide bonds. The summed E-state index contributed by atoms with van der Waals surface area (Å²) in [6.45, 7) is 1.28. The lowest BCUT2D eigenvalue weighted by Crippen LogP contribution is -2.78. The lowest BCUT2D eigenvalue weighted by Gasteiger charge is -2.46. The number of benzene rings is 1. The fourth-order valence-corrected chi connectivity index (χ4v) is 4.06. The van der Waals surface area contributed by atoms with E-state index in [0.29, 0.717) is 6.07 Å². The standard InChI is InChI=1S/C25H13F27N2O2/c1-8-3-10(5-11(4-8)53-7-55)12(56)54-9(2)6-13(26,27)14(28,29)15(30,31)16(32,33)17(34,35)18(36,37)19(38,39)20(40,41)21(42,43)22(44,45)23(46,47)24(48,49)25(50,51)52/h3-5,9H,6H2,1-2H3,(H,54,56). The summed E-state index contributed by atoms with van der Waals surface area (Å²) in [6, 6.07) is -0.293. The molecule has 0 saturated carbocycles. The van der Waals surface area contributed by atoms with Gasteiger partial charge in [-0.25, -0.2) is 4.79 Å². The molecule has 0 saturated heterocycles. The molecule has 0 spiro atoms. The minimum Gasteiger partial charge on any atom is -0.349 e. The smallest absolute Gasteiger partial charge is 0.349 e. The van der Waals surface area contributed by atoms with E-state index in [0.717, 1.165) is 25.1 Å². The van der Waals surface area contributed by atoms with Gasteiger partial charge in [-0.15, -0.1) is 0 Å². The second-order valence-corrected chi connectivity index (χ2v) is 11.4. The Balaban J connectivity index is 3.74. The van der Waals surface area contributed by atoms with Crippen LogP contribution in [-0.4, -0.2) is 95.3 Å². The van der Waals surface area contributed by atoms with Crippen LogP contribution in [0.2, 0.25) is 0 Å². The highest BCUT2D eigenvalue weighted by atomic mass is 19.4. The third kappa shape index (κ3) is 6.95. The summed E-state index contributed by atoms with van der Waals surface area (Å²) in [7, 11) is 0. The summed E-state index contributed by atoms with van der Waals surface area (Å²) in [6.07, 6.45) is -10.5. The van der Waals surface area contributed by atoms with Crippen LogP contribution in [0.15, 0.2) is 23.2 Å². The fraction of sp³-hybridized carbons (Fsp3) is 0.680. The molecule has 1 aromatic rings. The topological polar surface area (TPSA) is 58.5 Å². The van der Waals surface area contributed by atoms with E-state index in [1.165, 1.54) is 5.32 Å². The van der Waals surface area contributed by atoms with E-state index in [4.69, 9.17) is 0 Å². The minimum atomic E-state index is -9.84. The number of hydrogen-bond donors (Lipinski definition) is 1. The Bertz CT molecular complexity index is 1670. The van der Waals surface area contributed by atoms with Crippen LogP contribution in [-0.2, 0) is 4.79 Å². The zero-order valence-electron chi connectivity index (χ0n) is 26.0. The van der Waals surface area contributed by atoms with E-state index in [1.807, 2.05) is 0 Å². The number of isocyanates is 1. The van der Waals surface area contributed by atoms with Crippen molar-refractivity contribution in [2.45, 2.75) is 104 Å². The van der Waals surface area contributed by atoms with Crippen molar-refractivity contribution >= 4 is 17.7 Å². The monoisotopic (exact) mass is 886 g/mol. The van der Waals surface area contributed by atoms with Crippen LogP contribution in [0.25, 0.3) is 0 Å². The summed E-state index contributed by atoms with van der Waals surface area (Å²) in [5.41, 5.74) is -1.15. The third-order valence-corrected chi connectivity index (χ3v) is 7.20. The second kappa shape index (κ2) is 13.9. The Morgan fingerprint density at radius 3 is 1.14 bits per heavy atom. The van der Waals surface area contributed by atoms with Crippen LogP contribution in [0.1, 0.15) is 29.3 Å². The lowest BCUT2D eigenvalue weighted by atomic mass is 9.83. The minimum absolute atomic E-state index is 0.0116. The van der Waals surface area contributed by atoms with Crippen LogP contribution in [0.4, 0.5) is 124 Å². The van der Waals surface area contributed by atoms with Crippen molar-refractivity contribution in [1.29, 1.82) is 0 Å². The van der Waals surface area contributed by atoms with Gasteiger partial charge in [0.2, 0.25) is 6.08 Å². The van der Waals surface area contributed by atoms with Gasteiger partial charge in [-0.05, 0) is 37.6 Å². The van der Waals surface area contributed by atoms with Gasteiger partial charge in [0, 0.05) is 18.0 Å². The molecule has 1 aromatic carbocycles. The summed E-state index contributed by atoms with van der Waals surface area (Å²) < 4.78 is 369. The van der Waals surface area contributed by atoms with Gasteiger partial charge in [-0.3, -0.25) is 4.79 Å². The van der Waals surface area contributed by atoms with Crippen molar-refractivity contribution in [2.24, 2.45) is 4.99 Å². The molecule has 1 N–H and O–H groups in total. The third-order valence-electron chi connectivity index (χ3n) is 7.20. The predicted octanol–water partition coefficient (Wildman–Crippen LogP) is 10.7. The zero-order chi connectivity index (χ0) is 45.3. The van der Waals surface area contributed by atoms with Gasteiger partial charge >= 0.3 is 77.2 Å². The van der Waals surface area contributed by atoms with Gasteiger partial charge in [-0.1, -0.05) is 0 Å². The average molecular weight is 886 g/mol. The number of hydrogen-bond acceptors (Lipinski definition) is 3. The van der Waals surface area contributed by atoms with Crippen LogP contribution in [0.5, 0.6) is 0 Å². The highest BCUT2D eigenvalue weighted by Crippen LogP contribution is 2.68. The Labute approximate surface area is 290 Å². The maximum atomic E-state index is 14.4. The Kier molecular flexibility index (Phi) is 12.5. The molecule has 31 heteroatoms. The van der Waals surface area contributed by atoms with Crippen molar-refractivity contribution < 1.29 is 128 Å². The first-order valence-corrected chi connectivity index (χ1v) is 13.3. The normalized spacial score (nSPS) is 16.0. The summed E-state index contributed by atoms with van der Waals surface area (Å²) >= 11 is 0. The summed E-state index contributed by atoms with van der Waals surface area (Å²) in [5.74, 6) is -112. The summed E-state index contributed by atoms with van der Waals surface area (Å²) in [4.78, 5) is 25.6. The first kappa shape index (κ1) is 50.2. The Morgan fingerprint density at radius 1 is 0.536 bits per heavy atom. The first-order valence-electron chi connectivity index (χ1n) is 13.3. The molecule has 0 heterocycles. The van der Waals surface area contributed by atoms with Gasteiger partial charge in [-0.2, -0.15) is 124 Å². The Hall–Kier alpha value is -3.82. The molecule has 0 aliphatic heterocycles. The van der Waals surface area contributed by atoms with Gasteiger partial charge in [0.05, 0.1) is 5.69 Å². The number of aliphatic imine (C=N–C) groups is 1. The average Bonchev–Trinajstić information content (AvgIpc) is 2.98. The van der Waals surface area contributed by atoms with E-state index in [9.17, 15) is 128 Å². The van der Waals surface area contributed by atoms with Gasteiger partial charge in [0.15, 0.2) is 0 Å². The molecule has 0 fully saturated rings. The number of aryl methyl sites for hydroxylation is 1. The van der Waals surface area contributed by atoms with E-state index < -0.39 is 107 Å². The molecular weight excluding hydrogens is 873 g/mol. The zero-order valence-corrected chi connectivity index (χ0v) is 26.0. The first-order chi connectivity index (χ1) is 24.2. The maximum absolute atomic E-state index is 14.4. The quantitative estimate of drug-likeness (QED) is 0.102. The second-order valence-electron chi connectivity index (χ2n) is 11.4. The predicted molar refractivity (Wildman–Crippen MR) is 126 cm³/mol. The molecule has 4 nitrogen and oxygen atoms in total. The molecule has 56 heavy (non-hydrogen) atoms. The highest BCUT2D eigenvalue weighted by molar-refractivity contribution is 5.95. The van der Waals surface area contributed by atoms with Crippen molar-refractivity contribution in [1.82, 2.24) is 5.32 Å². The van der Waals surface area contributed by atoms with Crippen molar-refractivity contribution in [2.75, 3.05) is 0 Å². The molecular formula is C25H13F27N2O2. The van der Waals surface area contributed by atoms with Gasteiger partial charge < -0.3 is 5.32 Å². The van der Waals surface area contributed by atoms with Crippen LogP contribution >= 0.6 is 0 Å². The van der Waals surface area contributed by atoms with Crippen LogP contribution in [0.3, 0.4) is 0 Å². The SMILES string of the molecule is Cc1cc(N=C=O)cc(C(=O)NC(C)CC(F)(F)C(F)(F)C(F)(F)C(F)(F)C(F)(F)C(F)(F)C(F)(F)C(F)(F)C(F)(F)C(F)(F)C(F)(F)C(F)(F)C(F)(F)F)c1. The number of halogens is 27. The summed E-state index contributed by atoms with van der Waals surface area (Å²) in [5, 5.41) is 1.29. The number of alkyl halides is 27. The maximum Gasteiger partial charge on any atom is 0.460 e. The van der Waals surface area contributed by atoms with Gasteiger partial charge in [0.1, 0.15) is 0 Å². The molecule has 324 valence electrons.